The molecule has 1 fully saturated rings. The largest absolute Gasteiger partial charge is 0.444 e. The second-order valence-electron chi connectivity index (χ2n) is 5.35. The molecule has 1 heterocycles. The molecule has 1 rings (SSSR count). The summed E-state index contributed by atoms with van der Waals surface area (Å²) in [4.78, 5) is 13.7. The van der Waals surface area contributed by atoms with Crippen LogP contribution in [0.2, 0.25) is 0 Å². The predicted molar refractivity (Wildman–Crippen MR) is 64.4 cm³/mol. The number of ether oxygens (including phenoxy) is 1. The van der Waals surface area contributed by atoms with Crippen LogP contribution in [0.3, 0.4) is 0 Å². The highest BCUT2D eigenvalue weighted by Crippen LogP contribution is 2.17. The van der Waals surface area contributed by atoms with Crippen LogP contribution in [0.4, 0.5) is 4.79 Å². The monoisotopic (exact) mass is 239 g/mol. The Morgan fingerprint density at radius 1 is 1.59 bits per heavy atom. The summed E-state index contributed by atoms with van der Waals surface area (Å²) in [5, 5.41) is 12.1. The van der Waals surface area contributed by atoms with E-state index in [0.717, 1.165) is 6.54 Å². The maximum atomic E-state index is 12.0. The molecular weight excluding hydrogens is 218 g/mol. The van der Waals surface area contributed by atoms with E-state index < -0.39 is 5.60 Å². The Morgan fingerprint density at radius 3 is 2.76 bits per heavy atom. The van der Waals surface area contributed by atoms with Gasteiger partial charge in [-0.05, 0) is 27.7 Å². The predicted octanol–water partition coefficient (Wildman–Crippen LogP) is 1.50. The van der Waals surface area contributed by atoms with Gasteiger partial charge in [-0.1, -0.05) is 0 Å². The Kier molecular flexibility index (Phi) is 4.35. The third-order valence-electron chi connectivity index (χ3n) is 2.72. The lowest BCUT2D eigenvalue weighted by atomic mass is 10.0. The van der Waals surface area contributed by atoms with Gasteiger partial charge in [-0.15, -0.1) is 0 Å². The number of hydrogen-bond donors (Lipinski definition) is 1. The second kappa shape index (κ2) is 5.37. The third-order valence-corrected chi connectivity index (χ3v) is 2.72. The number of carbonyl (C=O) groups is 1. The fourth-order valence-corrected chi connectivity index (χ4v) is 1.91. The molecule has 0 bridgehead atoms. The molecule has 5 heteroatoms. The van der Waals surface area contributed by atoms with Crippen molar-refractivity contribution in [3.63, 3.8) is 0 Å². The number of carbonyl (C=O) groups excluding carboxylic acids is 1. The van der Waals surface area contributed by atoms with E-state index in [-0.39, 0.29) is 18.2 Å². The van der Waals surface area contributed by atoms with Gasteiger partial charge in [-0.2, -0.15) is 5.26 Å². The Bertz CT molecular complexity index is 317. The first-order valence-corrected chi connectivity index (χ1v) is 5.95. The van der Waals surface area contributed by atoms with Gasteiger partial charge in [0.1, 0.15) is 5.60 Å². The number of nitriles is 1. The van der Waals surface area contributed by atoms with E-state index in [2.05, 4.69) is 11.4 Å². The summed E-state index contributed by atoms with van der Waals surface area (Å²) in [6.07, 6.45) is -0.000890. The summed E-state index contributed by atoms with van der Waals surface area (Å²) < 4.78 is 5.35. The minimum atomic E-state index is -0.498. The zero-order chi connectivity index (χ0) is 13.1. The fraction of sp³-hybridized carbons (Fsp3) is 0.833. The van der Waals surface area contributed by atoms with Crippen molar-refractivity contribution >= 4 is 6.09 Å². The zero-order valence-electron chi connectivity index (χ0n) is 11.0. The topological polar surface area (TPSA) is 65.4 Å². The minimum absolute atomic E-state index is 0.108. The van der Waals surface area contributed by atoms with Crippen LogP contribution in [0.15, 0.2) is 0 Å². The molecule has 2 atom stereocenters. The minimum Gasteiger partial charge on any atom is -0.444 e. The molecule has 0 saturated carbocycles. The number of nitrogens with zero attached hydrogens (tertiary/aromatic N) is 2. The van der Waals surface area contributed by atoms with Crippen molar-refractivity contribution in [2.24, 2.45) is 0 Å². The molecule has 1 saturated heterocycles. The SMILES string of the molecule is CC1NCCN(C(=O)OC(C)(C)C)C1CC#N. The van der Waals surface area contributed by atoms with E-state index in [1.807, 2.05) is 27.7 Å². The highest BCUT2D eigenvalue weighted by molar-refractivity contribution is 5.69. The van der Waals surface area contributed by atoms with Gasteiger partial charge in [0.2, 0.25) is 0 Å². The van der Waals surface area contributed by atoms with E-state index in [0.29, 0.717) is 13.0 Å². The first-order chi connectivity index (χ1) is 7.85. The van der Waals surface area contributed by atoms with Crippen molar-refractivity contribution in [1.29, 1.82) is 5.26 Å². The van der Waals surface area contributed by atoms with Crippen LogP contribution in [0.5, 0.6) is 0 Å². The van der Waals surface area contributed by atoms with Gasteiger partial charge in [0.05, 0.1) is 18.5 Å². The van der Waals surface area contributed by atoms with Crippen LogP contribution in [0.25, 0.3) is 0 Å². The molecule has 0 aliphatic carbocycles. The smallest absolute Gasteiger partial charge is 0.410 e. The van der Waals surface area contributed by atoms with Gasteiger partial charge >= 0.3 is 6.09 Å². The lowest BCUT2D eigenvalue weighted by molar-refractivity contribution is 0.00742. The average molecular weight is 239 g/mol. The summed E-state index contributed by atoms with van der Waals surface area (Å²) in [5.41, 5.74) is -0.498. The Hall–Kier alpha value is -1.28. The Balaban J connectivity index is 2.72. The summed E-state index contributed by atoms with van der Waals surface area (Å²) in [7, 11) is 0. The molecule has 0 aromatic heterocycles. The number of amides is 1. The van der Waals surface area contributed by atoms with Crippen molar-refractivity contribution in [2.75, 3.05) is 13.1 Å². The maximum absolute atomic E-state index is 12.0. The molecule has 0 aromatic carbocycles. The number of rotatable bonds is 1. The summed E-state index contributed by atoms with van der Waals surface area (Å²) in [6.45, 7) is 8.84. The number of piperazine rings is 1. The first kappa shape index (κ1) is 13.8. The maximum Gasteiger partial charge on any atom is 0.410 e. The normalized spacial score (nSPS) is 25.2. The zero-order valence-corrected chi connectivity index (χ0v) is 11.0. The van der Waals surface area contributed by atoms with Crippen molar-refractivity contribution in [2.45, 2.75) is 51.8 Å². The van der Waals surface area contributed by atoms with E-state index >= 15 is 0 Å². The Labute approximate surface area is 103 Å². The van der Waals surface area contributed by atoms with E-state index in [1.54, 1.807) is 4.90 Å². The summed E-state index contributed by atoms with van der Waals surface area (Å²) >= 11 is 0. The standard InChI is InChI=1S/C12H21N3O2/c1-9-10(5-6-13)15(8-7-14-9)11(16)17-12(2,3)4/h9-10,14H,5,7-8H2,1-4H3. The highest BCUT2D eigenvalue weighted by atomic mass is 16.6. The quantitative estimate of drug-likeness (QED) is 0.753. The number of hydrogen-bond acceptors (Lipinski definition) is 4. The molecule has 0 aromatic rings. The van der Waals surface area contributed by atoms with Gasteiger partial charge in [0.25, 0.3) is 0 Å². The average Bonchev–Trinajstić information content (AvgIpc) is 2.18. The van der Waals surface area contributed by atoms with E-state index in [1.165, 1.54) is 0 Å². The van der Waals surface area contributed by atoms with Crippen molar-refractivity contribution in [1.82, 2.24) is 10.2 Å². The lowest BCUT2D eigenvalue weighted by Crippen LogP contribution is -2.59. The first-order valence-electron chi connectivity index (χ1n) is 5.95. The van der Waals surface area contributed by atoms with Crippen LogP contribution >= 0.6 is 0 Å². The lowest BCUT2D eigenvalue weighted by Gasteiger charge is -2.39. The summed E-state index contributed by atoms with van der Waals surface area (Å²) in [6, 6.07) is 2.14. The van der Waals surface area contributed by atoms with Gasteiger partial charge in [-0.25, -0.2) is 4.79 Å². The van der Waals surface area contributed by atoms with Crippen LogP contribution in [-0.2, 0) is 4.74 Å². The van der Waals surface area contributed by atoms with Gasteiger partial charge in [-0.3, -0.25) is 0 Å². The van der Waals surface area contributed by atoms with Crippen molar-refractivity contribution in [3.8, 4) is 6.07 Å². The molecule has 0 radical (unpaired) electrons. The van der Waals surface area contributed by atoms with Gasteiger partial charge in [0.15, 0.2) is 0 Å². The van der Waals surface area contributed by atoms with E-state index in [4.69, 9.17) is 10.00 Å². The van der Waals surface area contributed by atoms with Crippen molar-refractivity contribution < 1.29 is 9.53 Å². The highest BCUT2D eigenvalue weighted by Gasteiger charge is 2.34. The van der Waals surface area contributed by atoms with Crippen molar-refractivity contribution in [3.05, 3.63) is 0 Å². The number of nitrogens with one attached hydrogen (secondary N) is 1. The molecule has 1 N–H and O–H groups in total. The van der Waals surface area contributed by atoms with Crippen LogP contribution in [-0.4, -0.2) is 41.8 Å². The molecule has 1 aliphatic rings. The second-order valence-corrected chi connectivity index (χ2v) is 5.35. The molecule has 5 nitrogen and oxygen atoms in total. The Morgan fingerprint density at radius 2 is 2.24 bits per heavy atom. The molecule has 2 unspecified atom stereocenters. The van der Waals surface area contributed by atoms with Crippen LogP contribution < -0.4 is 5.32 Å². The molecular formula is C12H21N3O2. The molecule has 96 valence electrons. The van der Waals surface area contributed by atoms with Gasteiger partial charge in [0, 0.05) is 19.1 Å². The molecule has 1 amide bonds. The molecule has 17 heavy (non-hydrogen) atoms. The van der Waals surface area contributed by atoms with Gasteiger partial charge < -0.3 is 15.0 Å². The molecule has 1 aliphatic heterocycles. The van der Waals surface area contributed by atoms with Crippen LogP contribution in [0, 0.1) is 11.3 Å². The van der Waals surface area contributed by atoms with E-state index in [9.17, 15) is 4.79 Å². The van der Waals surface area contributed by atoms with Crippen LogP contribution in [0.1, 0.15) is 34.1 Å². The third kappa shape index (κ3) is 3.90. The fourth-order valence-electron chi connectivity index (χ4n) is 1.91. The molecule has 0 spiro atoms. The summed E-state index contributed by atoms with van der Waals surface area (Å²) in [5.74, 6) is 0.